The number of phosphoric acid groups is 1. The van der Waals surface area contributed by atoms with Gasteiger partial charge in [0.25, 0.3) is 0 Å². The Morgan fingerprint density at radius 3 is 1.57 bits per heavy atom. The summed E-state index contributed by atoms with van der Waals surface area (Å²) < 4.78 is 34.9. The van der Waals surface area contributed by atoms with Crippen LogP contribution < -0.4 is 0 Å². The smallest absolute Gasteiger partial charge is 0.457 e. The van der Waals surface area contributed by atoms with E-state index in [4.69, 9.17) is 18.5 Å². The van der Waals surface area contributed by atoms with E-state index >= 15 is 0 Å². The number of hydrogen-bond acceptors (Lipinski definition) is 6. The van der Waals surface area contributed by atoms with Crippen LogP contribution in [0, 0.1) is 0 Å². The minimum Gasteiger partial charge on any atom is -0.457 e. The Morgan fingerprint density at radius 1 is 0.588 bits per heavy atom. The lowest BCUT2D eigenvalue weighted by molar-refractivity contribution is -0.870. The van der Waals surface area contributed by atoms with Gasteiger partial charge in [-0.3, -0.25) is 13.8 Å². The number of unbranched alkanes of at least 4 members (excludes halogenated alkanes) is 24. The van der Waals surface area contributed by atoms with Gasteiger partial charge in [-0.1, -0.05) is 167 Å². The number of ether oxygens (including phenoxy) is 2. The fraction of sp³-hybridized carbons (Fsp3) is 0.929. The fourth-order valence-electron chi connectivity index (χ4n) is 5.97. The summed E-state index contributed by atoms with van der Waals surface area (Å²) >= 11 is 0. The third-order valence-electron chi connectivity index (χ3n) is 9.31. The van der Waals surface area contributed by atoms with E-state index in [1.807, 2.05) is 21.1 Å². The van der Waals surface area contributed by atoms with E-state index in [0.29, 0.717) is 24.1 Å². The summed E-state index contributed by atoms with van der Waals surface area (Å²) in [6.07, 6.45) is 38.1. The van der Waals surface area contributed by atoms with Gasteiger partial charge in [-0.2, -0.15) is 0 Å². The molecule has 51 heavy (non-hydrogen) atoms. The van der Waals surface area contributed by atoms with Crippen molar-refractivity contribution in [2.24, 2.45) is 0 Å². The van der Waals surface area contributed by atoms with Crippen LogP contribution in [0.15, 0.2) is 12.2 Å². The molecule has 0 amide bonds. The third kappa shape index (κ3) is 40.3. The summed E-state index contributed by atoms with van der Waals surface area (Å²) in [4.78, 5) is 22.8. The molecule has 0 aliphatic carbocycles. The Hall–Kier alpha value is -0.760. The van der Waals surface area contributed by atoms with E-state index in [9.17, 15) is 14.3 Å². The Labute approximate surface area is 316 Å². The molecule has 8 nitrogen and oxygen atoms in total. The number of carbonyl (C=O) groups excluding carboxylic acids is 1. The van der Waals surface area contributed by atoms with Gasteiger partial charge < -0.3 is 18.9 Å². The monoisotopic (exact) mass is 747 g/mol. The van der Waals surface area contributed by atoms with Crippen LogP contribution >= 0.6 is 7.82 Å². The Balaban J connectivity index is 4.17. The Kier molecular flexibility index (Phi) is 35.7. The first-order valence-corrected chi connectivity index (χ1v) is 22.9. The van der Waals surface area contributed by atoms with E-state index in [-0.39, 0.29) is 25.8 Å². The molecule has 0 saturated carbocycles. The summed E-state index contributed by atoms with van der Waals surface area (Å²) in [5.41, 5.74) is 0. The molecule has 0 rings (SSSR count). The largest absolute Gasteiger partial charge is 0.472 e. The van der Waals surface area contributed by atoms with Crippen LogP contribution in [0.1, 0.15) is 194 Å². The highest BCUT2D eigenvalue weighted by Gasteiger charge is 2.26. The van der Waals surface area contributed by atoms with Crippen molar-refractivity contribution in [3.05, 3.63) is 12.2 Å². The molecule has 1 N–H and O–H groups in total. The summed E-state index contributed by atoms with van der Waals surface area (Å²) in [5.74, 6) is -0.313. The van der Waals surface area contributed by atoms with E-state index in [2.05, 4.69) is 26.0 Å². The molecule has 0 aromatic rings. The lowest BCUT2D eigenvalue weighted by Gasteiger charge is -2.24. The molecule has 2 atom stereocenters. The minimum absolute atomic E-state index is 0.0904. The molecule has 0 saturated heterocycles. The molecule has 9 heteroatoms. The zero-order valence-electron chi connectivity index (χ0n) is 34.4. The molecule has 0 aromatic carbocycles. The van der Waals surface area contributed by atoms with Crippen LogP contribution in [0.4, 0.5) is 0 Å². The van der Waals surface area contributed by atoms with E-state index < -0.39 is 13.9 Å². The first-order chi connectivity index (χ1) is 24.6. The van der Waals surface area contributed by atoms with Crippen molar-refractivity contribution in [2.75, 3.05) is 54.1 Å². The van der Waals surface area contributed by atoms with E-state index in [0.717, 1.165) is 32.1 Å². The number of hydrogen-bond donors (Lipinski definition) is 1. The highest BCUT2D eigenvalue weighted by molar-refractivity contribution is 7.47. The molecule has 0 spiro atoms. The van der Waals surface area contributed by atoms with Crippen molar-refractivity contribution >= 4 is 13.8 Å². The van der Waals surface area contributed by atoms with E-state index in [1.165, 1.54) is 141 Å². The number of likely N-dealkylation sites (N-methyl/N-ethyl adjacent to an activating group) is 1. The highest BCUT2D eigenvalue weighted by atomic mass is 31.2. The molecule has 0 heterocycles. The number of quaternary nitrogens is 1. The normalized spacial score (nSPS) is 13.9. The van der Waals surface area contributed by atoms with Crippen molar-refractivity contribution in [1.29, 1.82) is 0 Å². The summed E-state index contributed by atoms with van der Waals surface area (Å²) in [5, 5.41) is 0. The minimum atomic E-state index is -4.27. The van der Waals surface area contributed by atoms with Crippen LogP contribution in [0.5, 0.6) is 0 Å². The fourth-order valence-corrected chi connectivity index (χ4v) is 6.71. The summed E-state index contributed by atoms with van der Waals surface area (Å²) in [6, 6.07) is 0. The van der Waals surface area contributed by atoms with Gasteiger partial charge in [0.2, 0.25) is 0 Å². The summed E-state index contributed by atoms with van der Waals surface area (Å²) in [7, 11) is 1.67. The maximum atomic E-state index is 12.7. The zero-order chi connectivity index (χ0) is 37.7. The van der Waals surface area contributed by atoms with Gasteiger partial charge in [0.15, 0.2) is 0 Å². The molecule has 0 fully saturated rings. The van der Waals surface area contributed by atoms with Crippen LogP contribution in [0.3, 0.4) is 0 Å². The SMILES string of the molecule is CCC/C=C\CCCCCCCCOCC(COP(=O)(O)OCC[N+](C)(C)C)OC(=O)CCCCCCCCCCCCCCCCCCCC. The molecule has 2 unspecified atom stereocenters. The van der Waals surface area contributed by atoms with Gasteiger partial charge in [0, 0.05) is 13.0 Å². The predicted octanol–water partition coefficient (Wildman–Crippen LogP) is 12.3. The van der Waals surface area contributed by atoms with Crippen LogP contribution in [0.25, 0.3) is 0 Å². The molecule has 0 aliphatic rings. The van der Waals surface area contributed by atoms with Crippen molar-refractivity contribution in [3.63, 3.8) is 0 Å². The average molecular weight is 747 g/mol. The number of allylic oxidation sites excluding steroid dienone is 2. The topological polar surface area (TPSA) is 91.3 Å². The second-order valence-corrected chi connectivity index (χ2v) is 17.2. The number of esters is 1. The van der Waals surface area contributed by atoms with Gasteiger partial charge in [-0.25, -0.2) is 4.57 Å². The van der Waals surface area contributed by atoms with Crippen molar-refractivity contribution in [2.45, 2.75) is 200 Å². The third-order valence-corrected chi connectivity index (χ3v) is 10.3. The summed E-state index contributed by atoms with van der Waals surface area (Å²) in [6.45, 7) is 5.59. The van der Waals surface area contributed by atoms with Gasteiger partial charge >= 0.3 is 13.8 Å². The zero-order valence-corrected chi connectivity index (χ0v) is 35.3. The maximum Gasteiger partial charge on any atom is 0.472 e. The molecular formula is C42H85NO7P+. The molecule has 0 bridgehead atoms. The van der Waals surface area contributed by atoms with Crippen molar-refractivity contribution in [3.8, 4) is 0 Å². The molecule has 0 radical (unpaired) electrons. The van der Waals surface area contributed by atoms with Crippen LogP contribution in [0.2, 0.25) is 0 Å². The number of nitrogens with zero attached hydrogens (tertiary/aromatic N) is 1. The number of carbonyl (C=O) groups is 1. The van der Waals surface area contributed by atoms with Gasteiger partial charge in [0.05, 0.1) is 34.4 Å². The van der Waals surface area contributed by atoms with Gasteiger partial charge in [0.1, 0.15) is 19.3 Å². The number of rotatable bonds is 40. The second-order valence-electron chi connectivity index (χ2n) is 15.7. The Morgan fingerprint density at radius 2 is 1.06 bits per heavy atom. The van der Waals surface area contributed by atoms with Crippen LogP contribution in [-0.2, 0) is 27.9 Å². The number of phosphoric ester groups is 1. The molecule has 304 valence electrons. The van der Waals surface area contributed by atoms with Gasteiger partial charge in [-0.05, 0) is 32.1 Å². The van der Waals surface area contributed by atoms with E-state index in [1.54, 1.807) is 0 Å². The predicted molar refractivity (Wildman–Crippen MR) is 215 cm³/mol. The lowest BCUT2D eigenvalue weighted by atomic mass is 10.0. The maximum absolute atomic E-state index is 12.7. The molecular weight excluding hydrogens is 661 g/mol. The van der Waals surface area contributed by atoms with Gasteiger partial charge in [-0.15, -0.1) is 0 Å². The molecule has 0 aliphatic heterocycles. The van der Waals surface area contributed by atoms with Crippen molar-refractivity contribution in [1.82, 2.24) is 0 Å². The second kappa shape index (κ2) is 36.2. The standard InChI is InChI=1S/C42H84NO7P/c1-6-8-10-12-14-16-18-19-20-21-22-23-24-25-27-29-31-33-35-42(44)50-41(40-49-51(45,46)48-38-36-43(3,4)5)39-47-37-34-32-30-28-26-17-15-13-11-9-7-2/h11,13,41H,6-10,12,14-40H2,1-5H3/p+1/b13-11-. The molecule has 0 aromatic heterocycles. The van der Waals surface area contributed by atoms with Crippen molar-refractivity contribution < 1.29 is 37.3 Å². The first-order valence-electron chi connectivity index (χ1n) is 21.4. The average Bonchev–Trinajstić information content (AvgIpc) is 3.08. The lowest BCUT2D eigenvalue weighted by Crippen LogP contribution is -2.37. The Bertz CT molecular complexity index is 833. The van der Waals surface area contributed by atoms with Crippen LogP contribution in [-0.4, -0.2) is 75.6 Å². The first kappa shape index (κ1) is 50.2. The quantitative estimate of drug-likeness (QED) is 0.0219. The highest BCUT2D eigenvalue weighted by Crippen LogP contribution is 2.43.